The van der Waals surface area contributed by atoms with E-state index in [1.807, 2.05) is 0 Å². The Morgan fingerprint density at radius 3 is 2.64 bits per heavy atom. The highest BCUT2D eigenvalue weighted by Gasteiger charge is 2.42. The van der Waals surface area contributed by atoms with Crippen LogP contribution in [0.1, 0.15) is 24.4 Å². The summed E-state index contributed by atoms with van der Waals surface area (Å²) in [6, 6.07) is -0.0269. The first-order valence-electron chi connectivity index (χ1n) is 9.37. The normalized spacial score (nSPS) is 26.8. The molecule has 5 N–H and O–H groups in total. The number of halogens is 1. The molecule has 2 fully saturated rings. The molecule has 8 nitrogen and oxygen atoms in total. The van der Waals surface area contributed by atoms with E-state index in [1.165, 1.54) is 4.57 Å². The molecule has 3 unspecified atom stereocenters. The fourth-order valence-electron chi connectivity index (χ4n) is 4.73. The van der Waals surface area contributed by atoms with Crippen molar-refractivity contribution in [2.24, 2.45) is 5.92 Å². The van der Waals surface area contributed by atoms with Gasteiger partial charge in [-0.15, -0.1) is 0 Å². The number of fused-ring (bicyclic) bond motifs is 2. The number of nitrogens with one attached hydrogen (secondary N) is 1. The number of nitrogens with zero attached hydrogens (tertiary/aromatic N) is 2. The van der Waals surface area contributed by atoms with Crippen LogP contribution in [-0.2, 0) is 0 Å². The van der Waals surface area contributed by atoms with Gasteiger partial charge in [-0.1, -0.05) is 6.08 Å². The Morgan fingerprint density at radius 1 is 1.29 bits per heavy atom. The second-order valence-electron chi connectivity index (χ2n) is 8.00. The van der Waals surface area contributed by atoms with Crippen LogP contribution >= 0.6 is 0 Å². The molecule has 0 spiro atoms. The number of aromatic amines is 1. The molecule has 1 saturated heterocycles. The number of anilines is 2. The number of nitrogen functional groups attached to an aromatic ring is 1. The third kappa shape index (κ3) is 2.23. The minimum Gasteiger partial charge on any atom is -0.396 e. The van der Waals surface area contributed by atoms with Gasteiger partial charge in [0.05, 0.1) is 34.5 Å². The van der Waals surface area contributed by atoms with Crippen molar-refractivity contribution in [3.05, 3.63) is 43.9 Å². The zero-order valence-corrected chi connectivity index (χ0v) is 15.3. The second kappa shape index (κ2) is 5.68. The van der Waals surface area contributed by atoms with Crippen molar-refractivity contribution >= 4 is 22.3 Å². The number of benzene rings is 1. The number of aliphatic hydroxyl groups is 2. The summed E-state index contributed by atoms with van der Waals surface area (Å²) in [5, 5.41) is 20.0. The van der Waals surface area contributed by atoms with Gasteiger partial charge in [-0.3, -0.25) is 14.3 Å². The first kappa shape index (κ1) is 17.4. The Hall–Kier alpha value is -2.65. The number of H-pyrrole nitrogens is 1. The number of hydrogen-bond acceptors (Lipinski definition) is 6. The molecule has 0 amide bonds. The fourth-order valence-corrected chi connectivity index (χ4v) is 4.73. The van der Waals surface area contributed by atoms with Crippen molar-refractivity contribution in [1.29, 1.82) is 0 Å². The van der Waals surface area contributed by atoms with E-state index in [4.69, 9.17) is 5.73 Å². The van der Waals surface area contributed by atoms with Crippen molar-refractivity contribution in [2.45, 2.75) is 38.0 Å². The van der Waals surface area contributed by atoms with Crippen LogP contribution in [0, 0.1) is 18.7 Å². The number of hydrogen-bond donors (Lipinski definition) is 4. The number of aromatic nitrogens is 2. The lowest BCUT2D eigenvalue weighted by molar-refractivity contribution is 0.0364. The lowest BCUT2D eigenvalue weighted by Crippen LogP contribution is -2.33. The summed E-state index contributed by atoms with van der Waals surface area (Å²) in [4.78, 5) is 28.8. The summed E-state index contributed by atoms with van der Waals surface area (Å²) < 4.78 is 16.8. The molecule has 1 aromatic carbocycles. The van der Waals surface area contributed by atoms with E-state index in [0.717, 1.165) is 18.4 Å². The summed E-state index contributed by atoms with van der Waals surface area (Å²) in [6.07, 6.45) is 1.41. The molecular weight excluding hydrogens is 367 g/mol. The Labute approximate surface area is 158 Å². The van der Waals surface area contributed by atoms with Crippen LogP contribution in [0.15, 0.2) is 21.2 Å². The van der Waals surface area contributed by atoms with Crippen LogP contribution in [0.3, 0.4) is 0 Å². The summed E-state index contributed by atoms with van der Waals surface area (Å²) in [5.74, 6) is -0.984. The van der Waals surface area contributed by atoms with Gasteiger partial charge in [0.25, 0.3) is 5.56 Å². The minimum absolute atomic E-state index is 0.000636. The minimum atomic E-state index is -0.923. The average molecular weight is 388 g/mol. The Balaban J connectivity index is 1.75. The topological polar surface area (TPSA) is 125 Å². The Morgan fingerprint density at radius 2 is 2.00 bits per heavy atom. The van der Waals surface area contributed by atoms with Crippen molar-refractivity contribution in [2.75, 3.05) is 23.7 Å². The highest BCUT2D eigenvalue weighted by atomic mass is 19.1. The van der Waals surface area contributed by atoms with E-state index in [0.29, 0.717) is 24.2 Å². The molecule has 1 saturated carbocycles. The highest BCUT2D eigenvalue weighted by Crippen LogP contribution is 2.43. The van der Waals surface area contributed by atoms with E-state index in [9.17, 15) is 19.8 Å². The molecule has 2 aromatic rings. The number of aliphatic hydroxyl groups excluding tert-OH is 2. The summed E-state index contributed by atoms with van der Waals surface area (Å²) in [7, 11) is 0. The van der Waals surface area contributed by atoms with E-state index >= 15 is 4.39 Å². The summed E-state index contributed by atoms with van der Waals surface area (Å²) in [6.45, 7) is 2.35. The molecule has 3 atom stereocenters. The number of nitrogens with two attached hydrogens (primary N) is 1. The van der Waals surface area contributed by atoms with Crippen LogP contribution in [-0.4, -0.2) is 45.1 Å². The van der Waals surface area contributed by atoms with E-state index in [-0.39, 0.29) is 28.7 Å². The van der Waals surface area contributed by atoms with Crippen LogP contribution in [0.25, 0.3) is 10.9 Å². The van der Waals surface area contributed by atoms with Gasteiger partial charge >= 0.3 is 5.69 Å². The summed E-state index contributed by atoms with van der Waals surface area (Å²) >= 11 is 0. The molecule has 0 bridgehead atoms. The highest BCUT2D eigenvalue weighted by molar-refractivity contribution is 5.97. The molecule has 28 heavy (non-hydrogen) atoms. The van der Waals surface area contributed by atoms with Gasteiger partial charge in [-0.05, 0) is 25.3 Å². The zero-order valence-electron chi connectivity index (χ0n) is 15.3. The lowest BCUT2D eigenvalue weighted by atomic mass is 10.0. The maximum atomic E-state index is 15.3. The number of aryl methyl sites for hydroxylation is 1. The quantitative estimate of drug-likeness (QED) is 0.429. The molecule has 148 valence electrons. The molecule has 0 radical (unpaired) electrons. The molecule has 1 aromatic heterocycles. The van der Waals surface area contributed by atoms with Crippen molar-refractivity contribution in [1.82, 2.24) is 9.55 Å². The van der Waals surface area contributed by atoms with E-state index in [1.54, 1.807) is 17.9 Å². The third-order valence-corrected chi connectivity index (χ3v) is 6.21. The predicted octanol–water partition coefficient (Wildman–Crippen LogP) is 0.152. The molecule has 1 aliphatic heterocycles. The van der Waals surface area contributed by atoms with Gasteiger partial charge < -0.3 is 20.8 Å². The zero-order chi connectivity index (χ0) is 19.9. The molecule has 5 rings (SSSR count). The van der Waals surface area contributed by atoms with Crippen molar-refractivity contribution in [3.8, 4) is 0 Å². The van der Waals surface area contributed by atoms with E-state index < -0.39 is 29.3 Å². The van der Waals surface area contributed by atoms with Crippen LogP contribution in [0.4, 0.5) is 15.8 Å². The smallest absolute Gasteiger partial charge is 0.329 e. The monoisotopic (exact) mass is 388 g/mol. The predicted molar refractivity (Wildman–Crippen MR) is 102 cm³/mol. The van der Waals surface area contributed by atoms with Gasteiger partial charge in [0.2, 0.25) is 0 Å². The second-order valence-corrected chi connectivity index (χ2v) is 8.00. The van der Waals surface area contributed by atoms with Crippen LogP contribution in [0.5, 0.6) is 0 Å². The van der Waals surface area contributed by atoms with Crippen molar-refractivity contribution in [3.63, 3.8) is 0 Å². The fraction of sp³-hybridized carbons (Fsp3) is 0.474. The lowest BCUT2D eigenvalue weighted by Gasteiger charge is -2.26. The maximum absolute atomic E-state index is 15.3. The largest absolute Gasteiger partial charge is 0.396 e. The first-order chi connectivity index (χ1) is 13.3. The van der Waals surface area contributed by atoms with Gasteiger partial charge in [0.15, 0.2) is 5.82 Å². The SMILES string of the molecule is Cc1c(N2CC3=CC(O)C(O)C3C2)c(F)c(N)c2c(=O)[nH]c(=O)n(C3CC3)c12. The Kier molecular flexibility index (Phi) is 3.54. The van der Waals surface area contributed by atoms with Crippen LogP contribution < -0.4 is 21.9 Å². The van der Waals surface area contributed by atoms with Crippen molar-refractivity contribution < 1.29 is 14.6 Å². The van der Waals surface area contributed by atoms with Gasteiger partial charge in [0.1, 0.15) is 0 Å². The molecule has 2 aliphatic carbocycles. The molecule has 9 heteroatoms. The maximum Gasteiger partial charge on any atom is 0.329 e. The molecule has 3 aliphatic rings. The number of rotatable bonds is 2. The van der Waals surface area contributed by atoms with Gasteiger partial charge in [-0.2, -0.15) is 0 Å². The van der Waals surface area contributed by atoms with E-state index in [2.05, 4.69) is 4.98 Å². The molecular formula is C19H21FN4O4. The summed E-state index contributed by atoms with van der Waals surface area (Å²) in [5.41, 5.74) is 6.47. The first-order valence-corrected chi connectivity index (χ1v) is 9.37. The third-order valence-electron chi connectivity index (χ3n) is 6.21. The van der Waals surface area contributed by atoms with Crippen LogP contribution in [0.2, 0.25) is 0 Å². The Bertz CT molecular complexity index is 1160. The standard InChI is InChI=1S/C19H21FN4O4/c1-7-15-12(18(27)22-19(28)24(15)9-2-3-9)14(21)13(20)16(7)23-5-8-4-11(25)17(26)10(8)6-23/h4,9-11,17,25-26H,2-3,5-6,21H2,1H3,(H,22,27,28). The van der Waals surface area contributed by atoms with Gasteiger partial charge in [0, 0.05) is 30.6 Å². The molecule has 2 heterocycles. The van der Waals surface area contributed by atoms with Gasteiger partial charge in [-0.25, -0.2) is 9.18 Å². The average Bonchev–Trinajstić information content (AvgIpc) is 3.33.